The van der Waals surface area contributed by atoms with Gasteiger partial charge in [0.25, 0.3) is 0 Å². The molecule has 0 amide bonds. The summed E-state index contributed by atoms with van der Waals surface area (Å²) in [5, 5.41) is 3.08. The van der Waals surface area contributed by atoms with Crippen LogP contribution in [0.1, 0.15) is 37.3 Å². The highest BCUT2D eigenvalue weighted by molar-refractivity contribution is 14.0. The summed E-state index contributed by atoms with van der Waals surface area (Å²) in [6.45, 7) is 7.98. The molecule has 1 unspecified atom stereocenters. The fraction of sp³-hybridized carbons (Fsp3) is 0.500. The number of hydrogen-bond acceptors (Lipinski definition) is 1. The van der Waals surface area contributed by atoms with Crippen molar-refractivity contribution >= 4 is 29.9 Å². The molecule has 1 rings (SSSR count). The van der Waals surface area contributed by atoms with Crippen LogP contribution in [0, 0.1) is 6.92 Å². The average molecular weight is 361 g/mol. The summed E-state index contributed by atoms with van der Waals surface area (Å²) in [6.07, 6.45) is 1.06. The Kier molecular flexibility index (Phi) is 8.79. The number of aryl methyl sites for hydroxylation is 1. The number of nitrogens with two attached hydrogens (primary N) is 1. The lowest BCUT2D eigenvalue weighted by Crippen LogP contribution is -2.32. The summed E-state index contributed by atoms with van der Waals surface area (Å²) in [7, 11) is 0. The molecule has 18 heavy (non-hydrogen) atoms. The fourth-order valence-corrected chi connectivity index (χ4v) is 1.54. The molecule has 0 fully saturated rings. The first kappa shape index (κ1) is 17.2. The van der Waals surface area contributed by atoms with E-state index in [9.17, 15) is 0 Å². The van der Waals surface area contributed by atoms with Crippen LogP contribution < -0.4 is 11.1 Å². The van der Waals surface area contributed by atoms with Gasteiger partial charge in [-0.25, -0.2) is 0 Å². The number of rotatable bonds is 5. The second-order valence-corrected chi connectivity index (χ2v) is 4.46. The molecule has 3 N–H and O–H groups in total. The standard InChI is InChI=1S/C14H23N3.HI/c1-4-9-16-14(15)17-10-12(3)13-7-5-11(2)6-8-13;/h5-8,12H,4,9-10H2,1-3H3,(H3,15,16,17);1H. The first-order valence-corrected chi connectivity index (χ1v) is 6.23. The molecule has 0 bridgehead atoms. The van der Waals surface area contributed by atoms with Crippen LogP contribution in [0.3, 0.4) is 0 Å². The van der Waals surface area contributed by atoms with Gasteiger partial charge >= 0.3 is 0 Å². The summed E-state index contributed by atoms with van der Waals surface area (Å²) in [6, 6.07) is 8.58. The molecule has 3 nitrogen and oxygen atoms in total. The molecule has 0 heterocycles. The topological polar surface area (TPSA) is 50.4 Å². The van der Waals surface area contributed by atoms with Crippen LogP contribution in [-0.2, 0) is 0 Å². The van der Waals surface area contributed by atoms with E-state index in [1.807, 2.05) is 0 Å². The van der Waals surface area contributed by atoms with Gasteiger partial charge in [-0.2, -0.15) is 0 Å². The quantitative estimate of drug-likeness (QED) is 0.481. The Hall–Kier alpha value is -0.780. The number of nitrogens with one attached hydrogen (secondary N) is 1. The molecule has 0 saturated carbocycles. The fourth-order valence-electron chi connectivity index (χ4n) is 1.54. The molecule has 102 valence electrons. The predicted molar refractivity (Wildman–Crippen MR) is 89.8 cm³/mol. The maximum atomic E-state index is 5.75. The molecule has 4 heteroatoms. The minimum Gasteiger partial charge on any atom is -0.370 e. The number of aliphatic imine (C=N–C) groups is 1. The van der Waals surface area contributed by atoms with Crippen molar-refractivity contribution in [3.63, 3.8) is 0 Å². The first-order valence-electron chi connectivity index (χ1n) is 6.23. The molecule has 0 spiro atoms. The SMILES string of the molecule is CCCNC(N)=NCC(C)c1ccc(C)cc1.I. The highest BCUT2D eigenvalue weighted by Gasteiger charge is 2.04. The molecule has 0 aliphatic rings. The van der Waals surface area contributed by atoms with Crippen molar-refractivity contribution in [1.29, 1.82) is 0 Å². The number of guanidine groups is 1. The lowest BCUT2D eigenvalue weighted by Gasteiger charge is -2.10. The van der Waals surface area contributed by atoms with Crippen molar-refractivity contribution in [3.05, 3.63) is 35.4 Å². The molecule has 0 aromatic heterocycles. The number of halogens is 1. The Morgan fingerprint density at radius 2 is 1.94 bits per heavy atom. The van der Waals surface area contributed by atoms with Gasteiger partial charge in [-0.05, 0) is 18.9 Å². The van der Waals surface area contributed by atoms with E-state index in [1.165, 1.54) is 11.1 Å². The van der Waals surface area contributed by atoms with Gasteiger partial charge in [0.2, 0.25) is 0 Å². The Morgan fingerprint density at radius 3 is 2.50 bits per heavy atom. The largest absolute Gasteiger partial charge is 0.370 e. The maximum absolute atomic E-state index is 5.75. The molecule has 0 aliphatic carbocycles. The lowest BCUT2D eigenvalue weighted by atomic mass is 10.0. The van der Waals surface area contributed by atoms with Gasteiger partial charge < -0.3 is 11.1 Å². The number of hydrogen-bond donors (Lipinski definition) is 2. The Morgan fingerprint density at radius 1 is 1.33 bits per heavy atom. The zero-order valence-corrected chi connectivity index (χ0v) is 13.8. The summed E-state index contributed by atoms with van der Waals surface area (Å²) >= 11 is 0. The predicted octanol–water partition coefficient (Wildman–Crippen LogP) is 3.03. The summed E-state index contributed by atoms with van der Waals surface area (Å²) in [5.74, 6) is 0.948. The monoisotopic (exact) mass is 361 g/mol. The molecule has 1 aromatic carbocycles. The first-order chi connectivity index (χ1) is 8.13. The van der Waals surface area contributed by atoms with Crippen molar-refractivity contribution in [1.82, 2.24) is 5.32 Å². The van der Waals surface area contributed by atoms with E-state index in [2.05, 4.69) is 55.3 Å². The zero-order valence-electron chi connectivity index (χ0n) is 11.4. The second-order valence-electron chi connectivity index (χ2n) is 4.46. The molecule has 0 saturated heterocycles. The van der Waals surface area contributed by atoms with E-state index in [4.69, 9.17) is 5.73 Å². The van der Waals surface area contributed by atoms with E-state index in [1.54, 1.807) is 0 Å². The van der Waals surface area contributed by atoms with Gasteiger partial charge in [0.15, 0.2) is 5.96 Å². The van der Waals surface area contributed by atoms with Gasteiger partial charge in [0.05, 0.1) is 0 Å². The highest BCUT2D eigenvalue weighted by atomic mass is 127. The normalized spacial score (nSPS) is 12.7. The van der Waals surface area contributed by atoms with E-state index in [-0.39, 0.29) is 24.0 Å². The van der Waals surface area contributed by atoms with E-state index in [0.717, 1.165) is 19.5 Å². The second kappa shape index (κ2) is 9.19. The van der Waals surface area contributed by atoms with Crippen LogP contribution in [-0.4, -0.2) is 19.0 Å². The average Bonchev–Trinajstić information content (AvgIpc) is 2.34. The third-order valence-corrected chi connectivity index (χ3v) is 2.74. The number of nitrogens with zero attached hydrogens (tertiary/aromatic N) is 1. The molecule has 1 aromatic rings. The maximum Gasteiger partial charge on any atom is 0.188 e. The van der Waals surface area contributed by atoms with E-state index < -0.39 is 0 Å². The van der Waals surface area contributed by atoms with Crippen LogP contribution in [0.5, 0.6) is 0 Å². The highest BCUT2D eigenvalue weighted by Crippen LogP contribution is 2.15. The van der Waals surface area contributed by atoms with Crippen LogP contribution >= 0.6 is 24.0 Å². The van der Waals surface area contributed by atoms with Gasteiger partial charge in [-0.15, -0.1) is 24.0 Å². The van der Waals surface area contributed by atoms with Crippen molar-refractivity contribution < 1.29 is 0 Å². The van der Waals surface area contributed by atoms with Crippen LogP contribution in [0.25, 0.3) is 0 Å². The molecular weight excluding hydrogens is 337 g/mol. The summed E-state index contributed by atoms with van der Waals surface area (Å²) in [5.41, 5.74) is 8.34. The van der Waals surface area contributed by atoms with Gasteiger partial charge in [-0.3, -0.25) is 4.99 Å². The smallest absolute Gasteiger partial charge is 0.188 e. The molecular formula is C14H24IN3. The Balaban J connectivity index is 0.00000289. The summed E-state index contributed by atoms with van der Waals surface area (Å²) < 4.78 is 0. The third-order valence-electron chi connectivity index (χ3n) is 2.74. The third kappa shape index (κ3) is 6.23. The van der Waals surface area contributed by atoms with Crippen molar-refractivity contribution in [3.8, 4) is 0 Å². The van der Waals surface area contributed by atoms with Gasteiger partial charge in [0, 0.05) is 19.0 Å². The summed E-state index contributed by atoms with van der Waals surface area (Å²) in [4.78, 5) is 4.34. The zero-order chi connectivity index (χ0) is 12.7. The number of benzene rings is 1. The van der Waals surface area contributed by atoms with E-state index in [0.29, 0.717) is 11.9 Å². The van der Waals surface area contributed by atoms with Crippen molar-refractivity contribution in [2.45, 2.75) is 33.1 Å². The Labute approximate surface area is 127 Å². The van der Waals surface area contributed by atoms with Crippen molar-refractivity contribution in [2.24, 2.45) is 10.7 Å². The van der Waals surface area contributed by atoms with E-state index >= 15 is 0 Å². The van der Waals surface area contributed by atoms with Gasteiger partial charge in [-0.1, -0.05) is 43.7 Å². The molecule has 0 aliphatic heterocycles. The lowest BCUT2D eigenvalue weighted by molar-refractivity contribution is 0.759. The van der Waals surface area contributed by atoms with Crippen LogP contribution in [0.15, 0.2) is 29.3 Å². The van der Waals surface area contributed by atoms with Crippen molar-refractivity contribution in [2.75, 3.05) is 13.1 Å². The van der Waals surface area contributed by atoms with Gasteiger partial charge in [0.1, 0.15) is 0 Å². The minimum atomic E-state index is 0. The minimum absolute atomic E-state index is 0. The molecule has 0 radical (unpaired) electrons. The Bertz CT molecular complexity index is 360. The molecule has 1 atom stereocenters. The van der Waals surface area contributed by atoms with Crippen LogP contribution in [0.2, 0.25) is 0 Å². The van der Waals surface area contributed by atoms with Crippen LogP contribution in [0.4, 0.5) is 0 Å².